The second-order valence-electron chi connectivity index (χ2n) is 10.9. The van der Waals surface area contributed by atoms with E-state index < -0.39 is 15.1 Å². The molecule has 4 aromatic rings. The summed E-state index contributed by atoms with van der Waals surface area (Å²) in [5.74, 6) is 0.306. The number of hydrogen-bond donors (Lipinski definition) is 0. The molecule has 0 radical (unpaired) electrons. The van der Waals surface area contributed by atoms with Crippen LogP contribution < -0.4 is 4.90 Å². The van der Waals surface area contributed by atoms with Crippen molar-refractivity contribution in [3.8, 4) is 0 Å². The molecule has 3 aromatic carbocycles. The standard InChI is InChI=1S/C32H32ClN3O3S/c1-21(2)31-25-15-30(33)34-17-26(25)28(36-18-24(19-36)29-20-39-13-14-40(29,37)38)16-27(31)35-32(22-9-5-3-6-10-22)23-11-7-4-8-12-23/h3-12,15-17,21,24,29H,13-14,18-20H2,1-2H3. The summed E-state index contributed by atoms with van der Waals surface area (Å²) in [7, 11) is -3.14. The first kappa shape index (κ1) is 26.9. The number of hydrogen-bond acceptors (Lipinski definition) is 6. The van der Waals surface area contributed by atoms with Crippen molar-refractivity contribution in [2.75, 3.05) is 37.0 Å². The summed E-state index contributed by atoms with van der Waals surface area (Å²) >= 11 is 6.44. The third-order valence-corrected chi connectivity index (χ3v) is 10.3. The summed E-state index contributed by atoms with van der Waals surface area (Å²) in [4.78, 5) is 12.0. The first-order valence-electron chi connectivity index (χ1n) is 13.7. The van der Waals surface area contributed by atoms with E-state index in [4.69, 9.17) is 21.3 Å². The van der Waals surface area contributed by atoms with E-state index in [1.165, 1.54) is 0 Å². The van der Waals surface area contributed by atoms with E-state index in [0.29, 0.717) is 18.2 Å². The Morgan fingerprint density at radius 3 is 2.25 bits per heavy atom. The molecule has 2 aliphatic rings. The molecular formula is C32H32ClN3O3S. The first-order valence-corrected chi connectivity index (χ1v) is 15.8. The van der Waals surface area contributed by atoms with Crippen LogP contribution in [-0.2, 0) is 14.6 Å². The van der Waals surface area contributed by atoms with Crippen molar-refractivity contribution < 1.29 is 13.2 Å². The molecular weight excluding hydrogens is 542 g/mol. The molecule has 0 bridgehead atoms. The van der Waals surface area contributed by atoms with Crippen LogP contribution in [0.1, 0.15) is 36.5 Å². The Hall–Kier alpha value is -3.26. The van der Waals surface area contributed by atoms with Gasteiger partial charge in [0.05, 0.1) is 35.6 Å². The van der Waals surface area contributed by atoms with Gasteiger partial charge in [-0.15, -0.1) is 0 Å². The molecule has 1 aromatic heterocycles. The molecule has 8 heteroatoms. The summed E-state index contributed by atoms with van der Waals surface area (Å²) in [5, 5.41) is 1.99. The molecule has 6 rings (SSSR count). The molecule has 3 heterocycles. The molecule has 206 valence electrons. The number of aromatic nitrogens is 1. The van der Waals surface area contributed by atoms with Crippen LogP contribution in [-0.4, -0.2) is 56.4 Å². The van der Waals surface area contributed by atoms with Crippen LogP contribution in [0.25, 0.3) is 10.8 Å². The third-order valence-electron chi connectivity index (χ3n) is 7.92. The zero-order chi connectivity index (χ0) is 27.9. The normalized spacial score (nSPS) is 19.0. The Kier molecular flexibility index (Phi) is 7.38. The fourth-order valence-electron chi connectivity index (χ4n) is 5.85. The number of pyridine rings is 1. The molecule has 0 spiro atoms. The number of sulfone groups is 1. The van der Waals surface area contributed by atoms with Gasteiger partial charge in [-0.1, -0.05) is 86.1 Å². The van der Waals surface area contributed by atoms with Gasteiger partial charge >= 0.3 is 0 Å². The maximum atomic E-state index is 12.7. The topological polar surface area (TPSA) is 71.9 Å². The number of fused-ring (bicyclic) bond motifs is 1. The van der Waals surface area contributed by atoms with Crippen LogP contribution >= 0.6 is 11.6 Å². The summed E-state index contributed by atoms with van der Waals surface area (Å²) in [6.45, 7) is 6.17. The lowest BCUT2D eigenvalue weighted by Gasteiger charge is -2.45. The van der Waals surface area contributed by atoms with Gasteiger partial charge in [-0.25, -0.2) is 18.4 Å². The Bertz CT molecular complexity index is 1630. The number of rotatable bonds is 6. The predicted molar refractivity (Wildman–Crippen MR) is 163 cm³/mol. The summed E-state index contributed by atoms with van der Waals surface area (Å²) in [5.41, 5.74) is 5.93. The maximum absolute atomic E-state index is 12.7. The SMILES string of the molecule is CC(C)c1c(N=C(c2ccccc2)c2ccccc2)cc(N2CC(C3COCCS3(=O)=O)C2)c2cnc(Cl)cc12. The second-order valence-corrected chi connectivity index (χ2v) is 13.6. The quantitative estimate of drug-likeness (QED) is 0.196. The maximum Gasteiger partial charge on any atom is 0.158 e. The van der Waals surface area contributed by atoms with Gasteiger partial charge in [-0.3, -0.25) is 0 Å². The Labute approximate surface area is 240 Å². The lowest BCUT2D eigenvalue weighted by molar-refractivity contribution is 0.119. The minimum absolute atomic E-state index is 0.0292. The van der Waals surface area contributed by atoms with E-state index in [9.17, 15) is 8.42 Å². The van der Waals surface area contributed by atoms with Crippen molar-refractivity contribution in [2.24, 2.45) is 10.9 Å². The average molecular weight is 574 g/mol. The Balaban J connectivity index is 1.49. The molecule has 2 fully saturated rings. The highest BCUT2D eigenvalue weighted by Gasteiger charge is 2.43. The van der Waals surface area contributed by atoms with Crippen molar-refractivity contribution in [1.29, 1.82) is 0 Å². The van der Waals surface area contributed by atoms with E-state index in [-0.39, 0.29) is 30.8 Å². The molecule has 2 saturated heterocycles. The zero-order valence-electron chi connectivity index (χ0n) is 22.6. The predicted octanol–water partition coefficient (Wildman–Crippen LogP) is 6.43. The minimum atomic E-state index is -3.14. The average Bonchev–Trinajstić information content (AvgIpc) is 2.92. The molecule has 0 N–H and O–H groups in total. The van der Waals surface area contributed by atoms with E-state index in [1.54, 1.807) is 0 Å². The van der Waals surface area contributed by atoms with Crippen LogP contribution in [0.5, 0.6) is 0 Å². The number of anilines is 1. The molecule has 2 aliphatic heterocycles. The molecule has 1 atom stereocenters. The van der Waals surface area contributed by atoms with Gasteiger partial charge in [0, 0.05) is 47.4 Å². The van der Waals surface area contributed by atoms with Gasteiger partial charge in [0.15, 0.2) is 9.84 Å². The van der Waals surface area contributed by atoms with E-state index >= 15 is 0 Å². The van der Waals surface area contributed by atoms with Crippen LogP contribution in [0.4, 0.5) is 11.4 Å². The lowest BCUT2D eigenvalue weighted by Crippen LogP contribution is -2.57. The highest BCUT2D eigenvalue weighted by molar-refractivity contribution is 7.92. The molecule has 0 aliphatic carbocycles. The fourth-order valence-corrected chi connectivity index (χ4v) is 7.73. The highest BCUT2D eigenvalue weighted by Crippen LogP contribution is 2.43. The van der Waals surface area contributed by atoms with Gasteiger partial charge in [-0.05, 0) is 29.0 Å². The number of benzene rings is 3. The Morgan fingerprint density at radius 1 is 1.00 bits per heavy atom. The van der Waals surface area contributed by atoms with Gasteiger partial charge in [0.2, 0.25) is 0 Å². The number of nitrogens with zero attached hydrogens (tertiary/aromatic N) is 3. The summed E-state index contributed by atoms with van der Waals surface area (Å²) < 4.78 is 31.0. The van der Waals surface area contributed by atoms with Crippen molar-refractivity contribution in [3.05, 3.63) is 101 Å². The number of aliphatic imine (C=N–C) groups is 1. The van der Waals surface area contributed by atoms with Crippen LogP contribution in [0.3, 0.4) is 0 Å². The van der Waals surface area contributed by atoms with Crippen molar-refractivity contribution in [1.82, 2.24) is 4.98 Å². The van der Waals surface area contributed by atoms with Crippen LogP contribution in [0.15, 0.2) is 84.0 Å². The molecule has 6 nitrogen and oxygen atoms in total. The van der Waals surface area contributed by atoms with E-state index in [1.807, 2.05) is 48.7 Å². The van der Waals surface area contributed by atoms with Gasteiger partial charge in [0.25, 0.3) is 0 Å². The van der Waals surface area contributed by atoms with Crippen molar-refractivity contribution in [3.63, 3.8) is 0 Å². The largest absolute Gasteiger partial charge is 0.379 e. The smallest absolute Gasteiger partial charge is 0.158 e. The van der Waals surface area contributed by atoms with Crippen molar-refractivity contribution in [2.45, 2.75) is 25.0 Å². The number of ether oxygens (including phenoxy) is 1. The van der Waals surface area contributed by atoms with Crippen LogP contribution in [0.2, 0.25) is 5.15 Å². The molecule has 1 unspecified atom stereocenters. The van der Waals surface area contributed by atoms with Crippen molar-refractivity contribution >= 4 is 49.3 Å². The second kappa shape index (κ2) is 11.0. The van der Waals surface area contributed by atoms with Crippen LogP contribution in [0, 0.1) is 5.92 Å². The molecule has 0 amide bonds. The minimum Gasteiger partial charge on any atom is -0.379 e. The summed E-state index contributed by atoms with van der Waals surface area (Å²) in [6.07, 6.45) is 1.83. The first-order chi connectivity index (χ1) is 19.3. The summed E-state index contributed by atoms with van der Waals surface area (Å²) in [6, 6.07) is 24.5. The fraction of sp³-hybridized carbons (Fsp3) is 0.312. The third kappa shape index (κ3) is 5.14. The van der Waals surface area contributed by atoms with Gasteiger partial charge < -0.3 is 9.64 Å². The van der Waals surface area contributed by atoms with Gasteiger partial charge in [-0.2, -0.15) is 0 Å². The van der Waals surface area contributed by atoms with Gasteiger partial charge in [0.1, 0.15) is 5.15 Å². The molecule has 0 saturated carbocycles. The van der Waals surface area contributed by atoms with E-state index in [2.05, 4.69) is 54.1 Å². The zero-order valence-corrected chi connectivity index (χ0v) is 24.2. The highest BCUT2D eigenvalue weighted by atomic mass is 35.5. The lowest BCUT2D eigenvalue weighted by atomic mass is 9.90. The Morgan fingerprint density at radius 2 is 1.65 bits per heavy atom. The van der Waals surface area contributed by atoms with E-state index in [0.717, 1.165) is 44.5 Å². The number of halogens is 1. The monoisotopic (exact) mass is 573 g/mol. The molecule has 40 heavy (non-hydrogen) atoms.